The monoisotopic (exact) mass is 266 g/mol. The number of likely N-dealkylation sites (N-methyl/N-ethyl adjacent to an activating group) is 1. The maximum Gasteiger partial charge on any atom is 0.0453 e. The van der Waals surface area contributed by atoms with E-state index in [1.54, 1.807) is 0 Å². The zero-order chi connectivity index (χ0) is 12.8. The van der Waals surface area contributed by atoms with Crippen LogP contribution in [0.25, 0.3) is 0 Å². The van der Waals surface area contributed by atoms with E-state index in [0.717, 1.165) is 24.5 Å². The van der Waals surface area contributed by atoms with Crippen LogP contribution in [0, 0.1) is 0 Å². The first kappa shape index (κ1) is 13.9. The predicted molar refractivity (Wildman–Crippen MR) is 78.2 cm³/mol. The lowest BCUT2D eigenvalue weighted by molar-refractivity contribution is 0.221. The van der Waals surface area contributed by atoms with Gasteiger partial charge >= 0.3 is 0 Å². The van der Waals surface area contributed by atoms with Crippen LogP contribution < -0.4 is 5.32 Å². The molecule has 1 aromatic rings. The van der Waals surface area contributed by atoms with Crippen molar-refractivity contribution in [1.82, 2.24) is 10.2 Å². The van der Waals surface area contributed by atoms with Crippen LogP contribution in [-0.4, -0.2) is 31.6 Å². The van der Waals surface area contributed by atoms with Gasteiger partial charge in [-0.05, 0) is 63.1 Å². The van der Waals surface area contributed by atoms with E-state index in [4.69, 9.17) is 11.6 Å². The summed E-state index contributed by atoms with van der Waals surface area (Å²) in [6.45, 7) is 4.45. The Labute approximate surface area is 115 Å². The molecule has 1 aliphatic rings. The minimum Gasteiger partial charge on any atom is -0.319 e. The Morgan fingerprint density at radius 1 is 1.22 bits per heavy atom. The van der Waals surface area contributed by atoms with Crippen LogP contribution in [-0.2, 0) is 13.0 Å². The fourth-order valence-corrected chi connectivity index (χ4v) is 2.77. The average molecular weight is 267 g/mol. The molecule has 1 aromatic carbocycles. The summed E-state index contributed by atoms with van der Waals surface area (Å²) in [5, 5.41) is 4.09. The molecule has 0 bridgehead atoms. The highest BCUT2D eigenvalue weighted by Gasteiger charge is 2.12. The van der Waals surface area contributed by atoms with Crippen molar-refractivity contribution in [3.05, 3.63) is 34.3 Å². The van der Waals surface area contributed by atoms with Gasteiger partial charge in [-0.1, -0.05) is 30.2 Å². The SMILES string of the molecule is CNCCc1ccc(CN2CCCCC2)c(Cl)c1. The van der Waals surface area contributed by atoms with Crippen LogP contribution in [0.5, 0.6) is 0 Å². The molecular weight excluding hydrogens is 244 g/mol. The summed E-state index contributed by atoms with van der Waals surface area (Å²) >= 11 is 6.38. The Kier molecular flexibility index (Phi) is 5.48. The summed E-state index contributed by atoms with van der Waals surface area (Å²) in [4.78, 5) is 2.51. The van der Waals surface area contributed by atoms with Gasteiger partial charge in [0.05, 0.1) is 0 Å². The van der Waals surface area contributed by atoms with Gasteiger partial charge in [-0.25, -0.2) is 0 Å². The summed E-state index contributed by atoms with van der Waals surface area (Å²) in [6.07, 6.45) is 5.09. The van der Waals surface area contributed by atoms with Crippen LogP contribution in [0.15, 0.2) is 18.2 Å². The second kappa shape index (κ2) is 7.13. The molecule has 2 rings (SSSR count). The number of halogens is 1. The normalized spacial score (nSPS) is 17.0. The standard InChI is InChI=1S/C15H23ClN2/c1-17-8-7-13-5-6-14(15(16)11-13)12-18-9-3-2-4-10-18/h5-6,11,17H,2-4,7-10,12H2,1H3. The quantitative estimate of drug-likeness (QED) is 0.881. The second-order valence-corrected chi connectivity index (χ2v) is 5.52. The number of nitrogens with one attached hydrogen (secondary N) is 1. The molecule has 0 spiro atoms. The molecule has 0 aromatic heterocycles. The fraction of sp³-hybridized carbons (Fsp3) is 0.600. The molecule has 0 amide bonds. The third-order valence-electron chi connectivity index (χ3n) is 3.62. The molecular formula is C15H23ClN2. The van der Waals surface area contributed by atoms with E-state index in [9.17, 15) is 0 Å². The molecule has 18 heavy (non-hydrogen) atoms. The Balaban J connectivity index is 1.95. The van der Waals surface area contributed by atoms with Crippen LogP contribution in [0.2, 0.25) is 5.02 Å². The number of hydrogen-bond acceptors (Lipinski definition) is 2. The number of likely N-dealkylation sites (tertiary alicyclic amines) is 1. The lowest BCUT2D eigenvalue weighted by Gasteiger charge is -2.26. The molecule has 0 aliphatic carbocycles. The van der Waals surface area contributed by atoms with Crippen molar-refractivity contribution in [2.24, 2.45) is 0 Å². The van der Waals surface area contributed by atoms with Gasteiger partial charge in [0.25, 0.3) is 0 Å². The maximum absolute atomic E-state index is 6.38. The predicted octanol–water partition coefficient (Wildman–Crippen LogP) is 3.09. The first-order chi connectivity index (χ1) is 8.79. The van der Waals surface area contributed by atoms with Crippen molar-refractivity contribution in [2.45, 2.75) is 32.2 Å². The van der Waals surface area contributed by atoms with Crippen molar-refractivity contribution in [3.8, 4) is 0 Å². The van der Waals surface area contributed by atoms with E-state index in [2.05, 4.69) is 28.4 Å². The van der Waals surface area contributed by atoms with Crippen molar-refractivity contribution in [3.63, 3.8) is 0 Å². The van der Waals surface area contributed by atoms with E-state index in [1.807, 2.05) is 7.05 Å². The Bertz CT molecular complexity index is 373. The summed E-state index contributed by atoms with van der Waals surface area (Å²) in [5.74, 6) is 0. The van der Waals surface area contributed by atoms with E-state index in [0.29, 0.717) is 0 Å². The molecule has 1 fully saturated rings. The van der Waals surface area contributed by atoms with Crippen LogP contribution >= 0.6 is 11.6 Å². The van der Waals surface area contributed by atoms with Crippen LogP contribution in [0.3, 0.4) is 0 Å². The van der Waals surface area contributed by atoms with Gasteiger partial charge in [0.15, 0.2) is 0 Å². The second-order valence-electron chi connectivity index (χ2n) is 5.12. The summed E-state index contributed by atoms with van der Waals surface area (Å²) in [7, 11) is 1.98. The highest BCUT2D eigenvalue weighted by atomic mass is 35.5. The van der Waals surface area contributed by atoms with Gasteiger partial charge in [0.2, 0.25) is 0 Å². The smallest absolute Gasteiger partial charge is 0.0453 e. The van der Waals surface area contributed by atoms with E-state index in [-0.39, 0.29) is 0 Å². The van der Waals surface area contributed by atoms with Crippen molar-refractivity contribution in [2.75, 3.05) is 26.7 Å². The summed E-state index contributed by atoms with van der Waals surface area (Å²) in [5.41, 5.74) is 2.59. The van der Waals surface area contributed by atoms with E-state index in [1.165, 1.54) is 43.5 Å². The Morgan fingerprint density at radius 3 is 2.67 bits per heavy atom. The molecule has 1 saturated heterocycles. The summed E-state index contributed by atoms with van der Waals surface area (Å²) in [6, 6.07) is 6.53. The summed E-state index contributed by atoms with van der Waals surface area (Å²) < 4.78 is 0. The van der Waals surface area contributed by atoms with Gasteiger partial charge in [-0.2, -0.15) is 0 Å². The Morgan fingerprint density at radius 2 is 2.00 bits per heavy atom. The largest absolute Gasteiger partial charge is 0.319 e. The molecule has 0 radical (unpaired) electrons. The molecule has 0 atom stereocenters. The average Bonchev–Trinajstić information content (AvgIpc) is 2.40. The van der Waals surface area contributed by atoms with Gasteiger partial charge in [0.1, 0.15) is 0 Å². The number of rotatable bonds is 5. The van der Waals surface area contributed by atoms with Crippen LogP contribution in [0.1, 0.15) is 30.4 Å². The lowest BCUT2D eigenvalue weighted by Crippen LogP contribution is -2.29. The van der Waals surface area contributed by atoms with E-state index < -0.39 is 0 Å². The number of benzene rings is 1. The highest BCUT2D eigenvalue weighted by Crippen LogP contribution is 2.21. The number of piperidine rings is 1. The molecule has 2 nitrogen and oxygen atoms in total. The third kappa shape index (κ3) is 3.98. The van der Waals surface area contributed by atoms with Crippen molar-refractivity contribution >= 4 is 11.6 Å². The highest BCUT2D eigenvalue weighted by molar-refractivity contribution is 6.31. The lowest BCUT2D eigenvalue weighted by atomic mass is 10.1. The van der Waals surface area contributed by atoms with Crippen molar-refractivity contribution in [1.29, 1.82) is 0 Å². The first-order valence-electron chi connectivity index (χ1n) is 6.94. The van der Waals surface area contributed by atoms with E-state index >= 15 is 0 Å². The molecule has 3 heteroatoms. The van der Waals surface area contributed by atoms with Gasteiger partial charge in [-0.15, -0.1) is 0 Å². The number of hydrogen-bond donors (Lipinski definition) is 1. The van der Waals surface area contributed by atoms with Crippen molar-refractivity contribution < 1.29 is 0 Å². The fourth-order valence-electron chi connectivity index (χ4n) is 2.50. The van der Waals surface area contributed by atoms with Crippen LogP contribution in [0.4, 0.5) is 0 Å². The zero-order valence-electron chi connectivity index (χ0n) is 11.2. The first-order valence-corrected chi connectivity index (χ1v) is 7.31. The molecule has 1 aliphatic heterocycles. The topological polar surface area (TPSA) is 15.3 Å². The zero-order valence-corrected chi connectivity index (χ0v) is 12.0. The molecule has 100 valence electrons. The van der Waals surface area contributed by atoms with Gasteiger partial charge in [0, 0.05) is 11.6 Å². The maximum atomic E-state index is 6.38. The minimum atomic E-state index is 0.925. The molecule has 0 saturated carbocycles. The molecule has 1 N–H and O–H groups in total. The Hall–Kier alpha value is -0.570. The molecule has 0 unspecified atom stereocenters. The molecule has 1 heterocycles. The third-order valence-corrected chi connectivity index (χ3v) is 3.98. The number of nitrogens with zero attached hydrogens (tertiary/aromatic N) is 1. The minimum absolute atomic E-state index is 0.925. The van der Waals surface area contributed by atoms with Gasteiger partial charge in [-0.3, -0.25) is 4.90 Å². The van der Waals surface area contributed by atoms with Gasteiger partial charge < -0.3 is 5.32 Å².